The van der Waals surface area contributed by atoms with Gasteiger partial charge in [0.15, 0.2) is 5.43 Å². The van der Waals surface area contributed by atoms with Crippen LogP contribution in [0.1, 0.15) is 28.1 Å². The summed E-state index contributed by atoms with van der Waals surface area (Å²) in [4.78, 5) is 35.6. The maximum atomic E-state index is 11.9. The second-order valence-electron chi connectivity index (χ2n) is 6.42. The molecule has 160 valence electrons. The van der Waals surface area contributed by atoms with Crippen LogP contribution in [-0.4, -0.2) is 18.9 Å². The molecule has 0 saturated carbocycles. The highest BCUT2D eigenvalue weighted by Crippen LogP contribution is 2.41. The van der Waals surface area contributed by atoms with Crippen molar-refractivity contribution in [2.75, 3.05) is 7.05 Å². The second-order valence-corrected chi connectivity index (χ2v) is 6.42. The van der Waals surface area contributed by atoms with Crippen LogP contribution < -0.4 is 27.1 Å². The Kier molecular flexibility index (Phi) is 6.47. The first-order valence-corrected chi connectivity index (χ1v) is 8.64. The molecule has 1 aliphatic heterocycles. The Bertz CT molecular complexity index is 1330. The summed E-state index contributed by atoms with van der Waals surface area (Å²) >= 11 is 0. The number of benzene rings is 3. The summed E-state index contributed by atoms with van der Waals surface area (Å²) in [5, 5.41) is 26.6. The predicted molar refractivity (Wildman–Crippen MR) is 114 cm³/mol. The number of quaternary nitrogens is 1. The number of rotatable bonds is 3. The van der Waals surface area contributed by atoms with Crippen LogP contribution >= 0.6 is 0 Å². The maximum Gasteiger partial charge on any atom is 0.251 e. The molecule has 8 nitrogen and oxygen atoms in total. The number of hydrogen-bond acceptors (Lipinski definition) is 6. The molecule has 2 aromatic rings. The Labute approximate surface area is 177 Å². The zero-order valence-corrected chi connectivity index (χ0v) is 16.1. The van der Waals surface area contributed by atoms with Gasteiger partial charge in [-0.25, -0.2) is 0 Å². The highest BCUT2D eigenvalue weighted by molar-refractivity contribution is 6.08. The Morgan fingerprint density at radius 3 is 2.35 bits per heavy atom. The average Bonchev–Trinajstić information content (AvgIpc) is 2.70. The van der Waals surface area contributed by atoms with E-state index < -0.39 is 11.9 Å². The molecule has 2 aliphatic rings. The Morgan fingerprint density at radius 1 is 0.968 bits per heavy atom. The maximum absolute atomic E-state index is 11.9. The molecule has 2 aromatic carbocycles. The molecular formula is C23H21N2O6-. The minimum Gasteiger partial charge on any atom is -0.872 e. The summed E-state index contributed by atoms with van der Waals surface area (Å²) in [5.74, 6) is -1.98. The van der Waals surface area contributed by atoms with Crippen LogP contribution in [0.15, 0.2) is 63.8 Å². The van der Waals surface area contributed by atoms with E-state index >= 15 is 0 Å². The largest absolute Gasteiger partial charge is 0.872 e. The van der Waals surface area contributed by atoms with E-state index in [1.54, 1.807) is 0 Å². The third kappa shape index (κ3) is 3.96. The molecule has 1 aliphatic carbocycles. The number of carbonyl (C=O) groups excluding carboxylic acids is 2. The van der Waals surface area contributed by atoms with E-state index in [0.717, 1.165) is 0 Å². The van der Waals surface area contributed by atoms with E-state index in [2.05, 4.69) is 5.32 Å². The van der Waals surface area contributed by atoms with E-state index in [0.29, 0.717) is 16.5 Å². The van der Waals surface area contributed by atoms with Gasteiger partial charge in [-0.1, -0.05) is 25.6 Å². The van der Waals surface area contributed by atoms with Crippen LogP contribution in [0.5, 0.6) is 5.75 Å². The molecule has 0 fully saturated rings. The molecule has 0 unspecified atom stereocenters. The Balaban J connectivity index is 0.00000171. The molecule has 8 heteroatoms. The van der Waals surface area contributed by atoms with Gasteiger partial charge in [-0.3, -0.25) is 9.59 Å². The lowest BCUT2D eigenvalue weighted by molar-refractivity contribution is -0.268. The van der Waals surface area contributed by atoms with Crippen molar-refractivity contribution in [2.24, 2.45) is 0 Å². The quantitative estimate of drug-likeness (QED) is 0.483. The highest BCUT2D eigenvalue weighted by atomic mass is 16.4. The molecule has 0 saturated heterocycles. The molecule has 1 amide bonds. The number of carboxylic acids is 1. The molecule has 1 heterocycles. The van der Waals surface area contributed by atoms with Crippen molar-refractivity contribution in [3.8, 4) is 28.2 Å². The molecule has 0 bridgehead atoms. The van der Waals surface area contributed by atoms with Gasteiger partial charge in [0.2, 0.25) is 0 Å². The van der Waals surface area contributed by atoms with E-state index in [1.807, 2.05) is 0 Å². The number of carboxylic acid groups (broad SMARTS) is 1. The normalized spacial score (nSPS) is 10.2. The first-order chi connectivity index (χ1) is 13.9. The third-order valence-corrected chi connectivity index (χ3v) is 4.66. The van der Waals surface area contributed by atoms with Gasteiger partial charge >= 0.3 is 0 Å². The van der Waals surface area contributed by atoms with Crippen LogP contribution in [-0.2, 0) is 0 Å². The number of fused-ring (bicyclic) bond motifs is 2. The van der Waals surface area contributed by atoms with Crippen molar-refractivity contribution in [3.63, 3.8) is 0 Å². The van der Waals surface area contributed by atoms with E-state index in [1.165, 1.54) is 61.6 Å². The monoisotopic (exact) mass is 421 g/mol. The average molecular weight is 421 g/mol. The molecule has 5 N–H and O–H groups in total. The zero-order chi connectivity index (χ0) is 20.7. The van der Waals surface area contributed by atoms with E-state index in [4.69, 9.17) is 4.42 Å². The number of nitrogens with one attached hydrogen (secondary N) is 1. The van der Waals surface area contributed by atoms with Crippen molar-refractivity contribution in [3.05, 3.63) is 75.9 Å². The van der Waals surface area contributed by atoms with Gasteiger partial charge in [0.1, 0.15) is 11.3 Å². The molecular weight excluding hydrogens is 400 g/mol. The number of aromatic carboxylic acids is 1. The van der Waals surface area contributed by atoms with Crippen molar-refractivity contribution in [2.45, 2.75) is 7.43 Å². The number of amides is 1. The fourth-order valence-electron chi connectivity index (χ4n) is 3.36. The summed E-state index contributed by atoms with van der Waals surface area (Å²) < 4.78 is 5.72. The number of carbonyl (C=O) groups is 2. The highest BCUT2D eigenvalue weighted by Gasteiger charge is 2.20. The lowest BCUT2D eigenvalue weighted by Crippen LogP contribution is -2.25. The van der Waals surface area contributed by atoms with Crippen LogP contribution in [0.3, 0.4) is 0 Å². The molecule has 0 radical (unpaired) electrons. The van der Waals surface area contributed by atoms with E-state index in [9.17, 15) is 24.6 Å². The summed E-state index contributed by atoms with van der Waals surface area (Å²) in [5.41, 5.74) is 1.12. The minimum absolute atomic E-state index is 0. The smallest absolute Gasteiger partial charge is 0.251 e. The predicted octanol–water partition coefficient (Wildman–Crippen LogP) is 2.37. The van der Waals surface area contributed by atoms with Gasteiger partial charge in [-0.15, -0.1) is 5.75 Å². The van der Waals surface area contributed by atoms with Crippen LogP contribution in [0, 0.1) is 0 Å². The van der Waals surface area contributed by atoms with E-state index in [-0.39, 0.29) is 52.8 Å². The number of hydrogen-bond donors (Lipinski definition) is 2. The van der Waals surface area contributed by atoms with Gasteiger partial charge in [0, 0.05) is 40.8 Å². The first kappa shape index (κ1) is 23.1. The van der Waals surface area contributed by atoms with Gasteiger partial charge < -0.3 is 30.9 Å². The minimum atomic E-state index is -1.46. The fraction of sp³-hybridized carbons (Fsp3) is 0.0870. The first-order valence-electron chi connectivity index (χ1n) is 8.64. The van der Waals surface area contributed by atoms with Crippen LogP contribution in [0.2, 0.25) is 0 Å². The summed E-state index contributed by atoms with van der Waals surface area (Å²) in [6.45, 7) is 0. The molecule has 0 aromatic heterocycles. The zero-order valence-electron chi connectivity index (χ0n) is 16.1. The van der Waals surface area contributed by atoms with Crippen molar-refractivity contribution >= 4 is 22.8 Å². The Hall–Kier alpha value is -4.17. The van der Waals surface area contributed by atoms with Crippen LogP contribution in [0.4, 0.5) is 0 Å². The third-order valence-electron chi connectivity index (χ3n) is 4.66. The van der Waals surface area contributed by atoms with Crippen molar-refractivity contribution in [1.82, 2.24) is 11.5 Å². The molecule has 0 atom stereocenters. The topological polar surface area (TPSA) is 159 Å². The van der Waals surface area contributed by atoms with Gasteiger partial charge in [-0.2, -0.15) is 0 Å². The SMILES string of the molecule is C.CNC(=O)c1ccc(-c2c3ccc(=O)cc-3oc3cc([O-])ccc23)c(C(=O)[O-])c1.[NH4+]. The lowest BCUT2D eigenvalue weighted by Gasteiger charge is -2.19. The Morgan fingerprint density at radius 2 is 1.68 bits per heavy atom. The standard InChI is InChI=1S/C22H15NO6.CH4.H3N/c1-23-21(26)11-2-5-14(17(8-11)22(27)28)20-15-6-3-12(24)9-18(15)29-19-10-13(25)4-7-16(19)20;;/h2-10,24H,1H3,(H,23,26)(H,27,28);1H4;1H3/p-1. The van der Waals surface area contributed by atoms with Gasteiger partial charge in [0.05, 0.1) is 5.97 Å². The molecule has 0 spiro atoms. The second kappa shape index (κ2) is 8.68. The fourth-order valence-corrected chi connectivity index (χ4v) is 3.36. The summed E-state index contributed by atoms with van der Waals surface area (Å²) in [7, 11) is 1.44. The van der Waals surface area contributed by atoms with Gasteiger partial charge in [-0.05, 0) is 35.9 Å². The van der Waals surface area contributed by atoms with Crippen LogP contribution in [0.25, 0.3) is 33.4 Å². The lowest BCUT2D eigenvalue weighted by atomic mass is 9.90. The molecule has 31 heavy (non-hydrogen) atoms. The molecule has 4 rings (SSSR count). The summed E-state index contributed by atoms with van der Waals surface area (Å²) in [6.07, 6.45) is 0. The van der Waals surface area contributed by atoms with Crippen molar-refractivity contribution < 1.29 is 24.2 Å². The summed E-state index contributed by atoms with van der Waals surface area (Å²) in [6, 6.07) is 12.5. The van der Waals surface area contributed by atoms with Crippen molar-refractivity contribution in [1.29, 1.82) is 0 Å². The van der Waals surface area contributed by atoms with Gasteiger partial charge in [0.25, 0.3) is 5.91 Å².